The van der Waals surface area contributed by atoms with E-state index < -0.39 is 5.97 Å². The zero-order chi connectivity index (χ0) is 30.3. The molecule has 5 rings (SSSR count). The molecule has 1 saturated heterocycles. The van der Waals surface area contributed by atoms with E-state index in [9.17, 15) is 9.90 Å². The summed E-state index contributed by atoms with van der Waals surface area (Å²) >= 11 is 12.3. The summed E-state index contributed by atoms with van der Waals surface area (Å²) in [4.78, 5) is 18.7. The number of nitrogens with zero attached hydrogens (tertiary/aromatic N) is 3. The number of aromatic carboxylic acids is 1. The molecule has 0 amide bonds. The summed E-state index contributed by atoms with van der Waals surface area (Å²) in [6, 6.07) is 26.4. The Hall–Kier alpha value is -3.75. The number of anilines is 1. The van der Waals surface area contributed by atoms with Gasteiger partial charge in [0.05, 0.1) is 0 Å². The number of carbonyl (C=O) groups is 1. The SMILES string of the molecule is CN(C)CCOc1ccc(-c2ccc(Cl)cc2)c(CN2CCN(c3ccc(C(=O)O)c(Oc4cccc(Cl)c4)c3)CC2)c1. The fourth-order valence-corrected chi connectivity index (χ4v) is 5.39. The van der Waals surface area contributed by atoms with Gasteiger partial charge in [0.25, 0.3) is 0 Å². The van der Waals surface area contributed by atoms with Gasteiger partial charge in [-0.1, -0.05) is 47.5 Å². The summed E-state index contributed by atoms with van der Waals surface area (Å²) in [5.74, 6) is 0.589. The highest BCUT2D eigenvalue weighted by atomic mass is 35.5. The lowest BCUT2D eigenvalue weighted by Gasteiger charge is -2.36. The quantitative estimate of drug-likeness (QED) is 0.187. The topological polar surface area (TPSA) is 65.5 Å². The van der Waals surface area contributed by atoms with E-state index in [0.717, 1.165) is 61.8 Å². The molecule has 1 N–H and O–H groups in total. The van der Waals surface area contributed by atoms with Crippen LogP contribution in [0.3, 0.4) is 0 Å². The van der Waals surface area contributed by atoms with Crippen LogP contribution in [0.25, 0.3) is 11.1 Å². The number of carboxylic acid groups (broad SMARTS) is 1. The number of hydrogen-bond donors (Lipinski definition) is 1. The maximum Gasteiger partial charge on any atom is 0.339 e. The van der Waals surface area contributed by atoms with Crippen molar-refractivity contribution in [2.24, 2.45) is 0 Å². The Bertz CT molecular complexity index is 1550. The van der Waals surface area contributed by atoms with E-state index in [2.05, 4.69) is 39.0 Å². The first-order valence-electron chi connectivity index (χ1n) is 14.2. The van der Waals surface area contributed by atoms with Crippen LogP contribution >= 0.6 is 23.2 Å². The monoisotopic (exact) mass is 619 g/mol. The molecule has 9 heteroatoms. The van der Waals surface area contributed by atoms with E-state index in [1.54, 1.807) is 36.4 Å². The molecule has 224 valence electrons. The lowest BCUT2D eigenvalue weighted by atomic mass is 9.98. The van der Waals surface area contributed by atoms with Crippen molar-refractivity contribution in [1.29, 1.82) is 0 Å². The standard InChI is InChI=1S/C34H35Cl2N3O4/c1-37(2)18-19-42-29-11-13-31(24-6-8-26(35)9-7-24)25(20-29)23-38-14-16-39(17-15-38)28-10-12-32(34(40)41)33(22-28)43-30-5-3-4-27(36)21-30/h3-13,20-22H,14-19,23H2,1-2H3,(H,40,41). The zero-order valence-corrected chi connectivity index (χ0v) is 25.8. The van der Waals surface area contributed by atoms with Crippen LogP contribution in [0.15, 0.2) is 84.9 Å². The predicted molar refractivity (Wildman–Crippen MR) is 173 cm³/mol. The highest BCUT2D eigenvalue weighted by Crippen LogP contribution is 2.33. The van der Waals surface area contributed by atoms with E-state index in [-0.39, 0.29) is 11.3 Å². The van der Waals surface area contributed by atoms with Crippen molar-refractivity contribution in [2.45, 2.75) is 6.54 Å². The van der Waals surface area contributed by atoms with Crippen molar-refractivity contribution in [3.05, 3.63) is 106 Å². The highest BCUT2D eigenvalue weighted by molar-refractivity contribution is 6.31. The van der Waals surface area contributed by atoms with E-state index in [1.807, 2.05) is 38.4 Å². The van der Waals surface area contributed by atoms with Gasteiger partial charge in [0.2, 0.25) is 0 Å². The molecule has 1 aliphatic rings. The van der Waals surface area contributed by atoms with Crippen LogP contribution in [0.1, 0.15) is 15.9 Å². The number of ether oxygens (including phenoxy) is 2. The van der Waals surface area contributed by atoms with Crippen LogP contribution in [0.4, 0.5) is 5.69 Å². The van der Waals surface area contributed by atoms with E-state index >= 15 is 0 Å². The fourth-order valence-electron chi connectivity index (χ4n) is 5.08. The average Bonchev–Trinajstić information content (AvgIpc) is 2.98. The number of carboxylic acids is 1. The van der Waals surface area contributed by atoms with Crippen LogP contribution in [-0.4, -0.2) is 74.3 Å². The number of rotatable bonds is 11. The van der Waals surface area contributed by atoms with Crippen molar-refractivity contribution in [3.63, 3.8) is 0 Å². The second-order valence-electron chi connectivity index (χ2n) is 10.8. The summed E-state index contributed by atoms with van der Waals surface area (Å²) in [6.07, 6.45) is 0. The minimum Gasteiger partial charge on any atom is -0.492 e. The number of piperazine rings is 1. The molecule has 1 fully saturated rings. The van der Waals surface area contributed by atoms with Gasteiger partial charge in [-0.3, -0.25) is 4.90 Å². The maximum absolute atomic E-state index is 11.9. The molecular weight excluding hydrogens is 585 g/mol. The second-order valence-corrected chi connectivity index (χ2v) is 11.7. The number of likely N-dealkylation sites (N-methyl/N-ethyl adjacent to an activating group) is 1. The van der Waals surface area contributed by atoms with Crippen LogP contribution in [0.5, 0.6) is 17.2 Å². The third kappa shape index (κ3) is 8.21. The molecule has 0 aromatic heterocycles. The summed E-state index contributed by atoms with van der Waals surface area (Å²) in [5, 5.41) is 11.0. The van der Waals surface area contributed by atoms with Crippen molar-refractivity contribution in [2.75, 3.05) is 58.3 Å². The third-order valence-corrected chi connectivity index (χ3v) is 7.88. The lowest BCUT2D eigenvalue weighted by Crippen LogP contribution is -2.46. The zero-order valence-electron chi connectivity index (χ0n) is 24.3. The van der Waals surface area contributed by atoms with Gasteiger partial charge in [-0.05, 0) is 85.4 Å². The Morgan fingerprint density at radius 1 is 0.860 bits per heavy atom. The Kier molecular flexibility index (Phi) is 10.1. The molecule has 0 saturated carbocycles. The summed E-state index contributed by atoms with van der Waals surface area (Å²) in [5.41, 5.74) is 4.49. The van der Waals surface area contributed by atoms with Gasteiger partial charge < -0.3 is 24.4 Å². The van der Waals surface area contributed by atoms with Gasteiger partial charge in [-0.15, -0.1) is 0 Å². The molecule has 0 bridgehead atoms. The predicted octanol–water partition coefficient (Wildman–Crippen LogP) is 7.41. The van der Waals surface area contributed by atoms with Crippen molar-refractivity contribution < 1.29 is 19.4 Å². The molecule has 4 aromatic carbocycles. The van der Waals surface area contributed by atoms with Crippen LogP contribution < -0.4 is 14.4 Å². The first kappa shape index (κ1) is 30.7. The highest BCUT2D eigenvalue weighted by Gasteiger charge is 2.21. The molecule has 1 aliphatic heterocycles. The fraction of sp³-hybridized carbons (Fsp3) is 0.265. The molecule has 0 aliphatic carbocycles. The van der Waals surface area contributed by atoms with Crippen LogP contribution in [0, 0.1) is 0 Å². The number of benzene rings is 4. The van der Waals surface area contributed by atoms with Gasteiger partial charge >= 0.3 is 5.97 Å². The van der Waals surface area contributed by atoms with E-state index in [1.165, 1.54) is 5.56 Å². The molecule has 7 nitrogen and oxygen atoms in total. The Morgan fingerprint density at radius 2 is 1.63 bits per heavy atom. The molecule has 43 heavy (non-hydrogen) atoms. The number of hydrogen-bond acceptors (Lipinski definition) is 6. The van der Waals surface area contributed by atoms with Crippen molar-refractivity contribution in [1.82, 2.24) is 9.80 Å². The van der Waals surface area contributed by atoms with Crippen molar-refractivity contribution in [3.8, 4) is 28.4 Å². The third-order valence-electron chi connectivity index (χ3n) is 7.39. The largest absolute Gasteiger partial charge is 0.492 e. The average molecular weight is 621 g/mol. The second kappa shape index (κ2) is 14.1. The first-order chi connectivity index (χ1) is 20.7. The lowest BCUT2D eigenvalue weighted by molar-refractivity contribution is 0.0694. The van der Waals surface area contributed by atoms with Gasteiger partial charge in [0, 0.05) is 61.1 Å². The molecule has 0 unspecified atom stereocenters. The van der Waals surface area contributed by atoms with Crippen LogP contribution in [-0.2, 0) is 6.54 Å². The first-order valence-corrected chi connectivity index (χ1v) is 15.0. The van der Waals surface area contributed by atoms with E-state index in [0.29, 0.717) is 22.4 Å². The summed E-state index contributed by atoms with van der Waals surface area (Å²) in [6.45, 7) is 5.51. The van der Waals surface area contributed by atoms with Crippen LogP contribution in [0.2, 0.25) is 10.0 Å². The Morgan fingerprint density at radius 3 is 2.33 bits per heavy atom. The van der Waals surface area contributed by atoms with Gasteiger partial charge in [0.15, 0.2) is 0 Å². The Balaban J connectivity index is 1.30. The van der Waals surface area contributed by atoms with Gasteiger partial charge in [0.1, 0.15) is 29.4 Å². The molecule has 0 atom stereocenters. The number of halogens is 2. The van der Waals surface area contributed by atoms with E-state index in [4.69, 9.17) is 32.7 Å². The minimum atomic E-state index is -1.04. The summed E-state index contributed by atoms with van der Waals surface area (Å²) < 4.78 is 12.0. The minimum absolute atomic E-state index is 0.102. The molecule has 4 aromatic rings. The molecule has 0 spiro atoms. The van der Waals surface area contributed by atoms with Gasteiger partial charge in [-0.25, -0.2) is 4.79 Å². The molecule has 0 radical (unpaired) electrons. The summed E-state index contributed by atoms with van der Waals surface area (Å²) in [7, 11) is 4.07. The van der Waals surface area contributed by atoms with Crippen molar-refractivity contribution >= 4 is 34.9 Å². The maximum atomic E-state index is 11.9. The van der Waals surface area contributed by atoms with Gasteiger partial charge in [-0.2, -0.15) is 0 Å². The normalized spacial score (nSPS) is 13.7. The Labute approximate surface area is 262 Å². The molecule has 1 heterocycles. The smallest absolute Gasteiger partial charge is 0.339 e. The molecular formula is C34H35Cl2N3O4.